The predicted molar refractivity (Wildman–Crippen MR) is 86.6 cm³/mol. The zero-order valence-electron chi connectivity index (χ0n) is 13.8. The van der Waals surface area contributed by atoms with Crippen molar-refractivity contribution in [2.75, 3.05) is 7.11 Å². The summed E-state index contributed by atoms with van der Waals surface area (Å²) in [6.45, 7) is 0.00602. The highest BCUT2D eigenvalue weighted by Crippen LogP contribution is 2.35. The molecule has 1 aromatic heterocycles. The fourth-order valence-corrected chi connectivity index (χ4v) is 3.45. The molecular formula is C17H18N4O4. The molecule has 1 N–H and O–H groups in total. The second-order valence-corrected chi connectivity index (χ2v) is 6.35. The number of ether oxygens (including phenoxy) is 1. The Morgan fingerprint density at radius 1 is 1.24 bits per heavy atom. The van der Waals surface area contributed by atoms with Crippen LogP contribution in [0.4, 0.5) is 4.79 Å². The second-order valence-electron chi connectivity index (χ2n) is 6.35. The summed E-state index contributed by atoms with van der Waals surface area (Å²) in [5.41, 5.74) is 0.0172. The van der Waals surface area contributed by atoms with E-state index < -0.39 is 5.54 Å². The molecule has 1 aliphatic carbocycles. The van der Waals surface area contributed by atoms with Gasteiger partial charge in [-0.25, -0.2) is 4.79 Å². The summed E-state index contributed by atoms with van der Waals surface area (Å²) in [6, 6.07) is 6.80. The molecule has 1 saturated heterocycles. The molecule has 2 heterocycles. The van der Waals surface area contributed by atoms with Crippen LogP contribution in [-0.4, -0.2) is 39.6 Å². The number of carbonyl (C=O) groups is 2. The molecule has 1 aliphatic heterocycles. The highest BCUT2D eigenvalue weighted by molar-refractivity contribution is 6.07. The number of hydrogen-bond acceptors (Lipinski definition) is 6. The maximum absolute atomic E-state index is 12.6. The average Bonchev–Trinajstić information content (AvgIpc) is 3.33. The Morgan fingerprint density at radius 2 is 1.96 bits per heavy atom. The van der Waals surface area contributed by atoms with Crippen molar-refractivity contribution < 1.29 is 18.8 Å². The van der Waals surface area contributed by atoms with Crippen molar-refractivity contribution in [1.29, 1.82) is 0 Å². The fraction of sp³-hybridized carbons (Fsp3) is 0.412. The Morgan fingerprint density at radius 3 is 2.64 bits per heavy atom. The number of amides is 3. The Balaban J connectivity index is 1.51. The van der Waals surface area contributed by atoms with Gasteiger partial charge in [-0.2, -0.15) is 4.98 Å². The Hall–Kier alpha value is -2.90. The molecular weight excluding hydrogens is 324 g/mol. The fourth-order valence-electron chi connectivity index (χ4n) is 3.45. The largest absolute Gasteiger partial charge is 0.497 e. The number of benzene rings is 1. The van der Waals surface area contributed by atoms with Gasteiger partial charge in [-0.1, -0.05) is 18.0 Å². The van der Waals surface area contributed by atoms with Crippen LogP contribution in [0.15, 0.2) is 28.8 Å². The standard InChI is InChI=1S/C17H18N4O4/c1-24-12-6-4-11(5-7-12)14-18-13(20-25-14)10-21-15(22)17(19-16(21)23)8-2-3-9-17/h4-7H,2-3,8-10H2,1H3,(H,19,23). The van der Waals surface area contributed by atoms with Gasteiger partial charge < -0.3 is 14.6 Å². The lowest BCUT2D eigenvalue weighted by Crippen LogP contribution is -2.44. The van der Waals surface area contributed by atoms with Gasteiger partial charge in [-0.3, -0.25) is 9.69 Å². The van der Waals surface area contributed by atoms with Crippen LogP contribution in [0.3, 0.4) is 0 Å². The topological polar surface area (TPSA) is 97.6 Å². The van der Waals surface area contributed by atoms with Gasteiger partial charge in [-0.05, 0) is 37.1 Å². The monoisotopic (exact) mass is 342 g/mol. The molecule has 0 atom stereocenters. The van der Waals surface area contributed by atoms with Crippen LogP contribution in [0.5, 0.6) is 5.75 Å². The first kappa shape index (κ1) is 15.6. The highest BCUT2D eigenvalue weighted by atomic mass is 16.5. The molecule has 8 nitrogen and oxygen atoms in total. The number of nitrogens with one attached hydrogen (secondary N) is 1. The van der Waals surface area contributed by atoms with Gasteiger partial charge in [0.2, 0.25) is 0 Å². The number of hydrogen-bond donors (Lipinski definition) is 1. The maximum Gasteiger partial charge on any atom is 0.325 e. The molecule has 2 fully saturated rings. The first-order chi connectivity index (χ1) is 12.1. The molecule has 0 unspecified atom stereocenters. The van der Waals surface area contributed by atoms with Crippen LogP contribution in [0, 0.1) is 0 Å². The summed E-state index contributed by atoms with van der Waals surface area (Å²) in [7, 11) is 1.59. The highest BCUT2D eigenvalue weighted by Gasteiger charge is 2.52. The number of imide groups is 1. The van der Waals surface area contributed by atoms with E-state index in [0.717, 1.165) is 24.2 Å². The van der Waals surface area contributed by atoms with Crippen LogP contribution in [0.2, 0.25) is 0 Å². The van der Waals surface area contributed by atoms with E-state index in [1.54, 1.807) is 31.4 Å². The Bertz CT molecular complexity index is 808. The number of rotatable bonds is 4. The first-order valence-electron chi connectivity index (χ1n) is 8.22. The first-order valence-corrected chi connectivity index (χ1v) is 8.22. The number of urea groups is 1. The summed E-state index contributed by atoms with van der Waals surface area (Å²) in [5, 5.41) is 6.73. The SMILES string of the molecule is COc1ccc(-c2nc(CN3C(=O)NC4(CCCC4)C3=O)no2)cc1. The normalized spacial score (nSPS) is 18.8. The molecule has 2 aliphatic rings. The molecule has 0 bridgehead atoms. The van der Waals surface area contributed by atoms with Crippen molar-refractivity contribution in [3.8, 4) is 17.2 Å². The third kappa shape index (κ3) is 2.63. The minimum absolute atomic E-state index is 0.00602. The Labute approximate surface area is 144 Å². The van der Waals surface area contributed by atoms with Crippen LogP contribution in [0.25, 0.3) is 11.5 Å². The molecule has 130 valence electrons. The predicted octanol–water partition coefficient (Wildman–Crippen LogP) is 2.11. The average molecular weight is 342 g/mol. The molecule has 0 radical (unpaired) electrons. The molecule has 25 heavy (non-hydrogen) atoms. The van der Waals surface area contributed by atoms with Crippen LogP contribution in [-0.2, 0) is 11.3 Å². The molecule has 8 heteroatoms. The summed E-state index contributed by atoms with van der Waals surface area (Å²) in [6.07, 6.45) is 3.28. The van der Waals surface area contributed by atoms with Crippen LogP contribution >= 0.6 is 0 Å². The van der Waals surface area contributed by atoms with E-state index in [4.69, 9.17) is 9.26 Å². The number of nitrogens with zero attached hydrogens (tertiary/aromatic N) is 3. The number of methoxy groups -OCH3 is 1. The van der Waals surface area contributed by atoms with E-state index in [1.165, 1.54) is 4.90 Å². The maximum atomic E-state index is 12.6. The van der Waals surface area contributed by atoms with E-state index in [2.05, 4.69) is 15.5 Å². The van der Waals surface area contributed by atoms with Crippen molar-refractivity contribution >= 4 is 11.9 Å². The lowest BCUT2D eigenvalue weighted by molar-refractivity contribution is -0.131. The van der Waals surface area contributed by atoms with Crippen molar-refractivity contribution in [3.05, 3.63) is 30.1 Å². The minimum Gasteiger partial charge on any atom is -0.497 e. The van der Waals surface area contributed by atoms with E-state index in [9.17, 15) is 9.59 Å². The lowest BCUT2D eigenvalue weighted by Gasteiger charge is -2.19. The third-order valence-electron chi connectivity index (χ3n) is 4.81. The summed E-state index contributed by atoms with van der Waals surface area (Å²) in [4.78, 5) is 30.3. The zero-order chi connectivity index (χ0) is 17.4. The van der Waals surface area contributed by atoms with Crippen LogP contribution < -0.4 is 10.1 Å². The molecule has 1 spiro atoms. The summed E-state index contributed by atoms with van der Waals surface area (Å²) >= 11 is 0. The quantitative estimate of drug-likeness (QED) is 0.855. The number of aromatic nitrogens is 2. The zero-order valence-corrected chi connectivity index (χ0v) is 13.8. The minimum atomic E-state index is -0.723. The van der Waals surface area contributed by atoms with Crippen molar-refractivity contribution in [2.45, 2.75) is 37.8 Å². The molecule has 3 amide bonds. The smallest absolute Gasteiger partial charge is 0.325 e. The van der Waals surface area contributed by atoms with Crippen LogP contribution in [0.1, 0.15) is 31.5 Å². The summed E-state index contributed by atoms with van der Waals surface area (Å²) < 4.78 is 10.4. The van der Waals surface area contributed by atoms with Crippen molar-refractivity contribution in [2.24, 2.45) is 0 Å². The van der Waals surface area contributed by atoms with E-state index in [0.29, 0.717) is 24.6 Å². The lowest BCUT2D eigenvalue weighted by atomic mass is 9.98. The molecule has 2 aromatic rings. The van der Waals surface area contributed by atoms with Crippen molar-refractivity contribution in [3.63, 3.8) is 0 Å². The van der Waals surface area contributed by atoms with E-state index >= 15 is 0 Å². The van der Waals surface area contributed by atoms with Gasteiger partial charge in [0.25, 0.3) is 11.8 Å². The second kappa shape index (κ2) is 5.87. The van der Waals surface area contributed by atoms with E-state index in [1.807, 2.05) is 0 Å². The van der Waals surface area contributed by atoms with Gasteiger partial charge in [0.15, 0.2) is 5.82 Å². The number of carbonyl (C=O) groups excluding carboxylic acids is 2. The summed E-state index contributed by atoms with van der Waals surface area (Å²) in [5.74, 6) is 1.17. The van der Waals surface area contributed by atoms with Gasteiger partial charge in [0.1, 0.15) is 11.3 Å². The molecule has 1 saturated carbocycles. The van der Waals surface area contributed by atoms with Crippen molar-refractivity contribution in [1.82, 2.24) is 20.4 Å². The third-order valence-corrected chi connectivity index (χ3v) is 4.81. The van der Waals surface area contributed by atoms with Gasteiger partial charge >= 0.3 is 6.03 Å². The van der Waals surface area contributed by atoms with Gasteiger partial charge in [0, 0.05) is 5.56 Å². The van der Waals surface area contributed by atoms with Gasteiger partial charge in [-0.15, -0.1) is 0 Å². The van der Waals surface area contributed by atoms with Gasteiger partial charge in [0.05, 0.1) is 13.7 Å². The molecule has 1 aromatic carbocycles. The Kier molecular flexibility index (Phi) is 3.67. The molecule has 4 rings (SSSR count). The van der Waals surface area contributed by atoms with E-state index in [-0.39, 0.29) is 18.5 Å².